The molecule has 2 rings (SSSR count). The van der Waals surface area contributed by atoms with Crippen molar-refractivity contribution in [1.82, 2.24) is 15.1 Å². The van der Waals surface area contributed by atoms with Gasteiger partial charge in [-0.25, -0.2) is 0 Å². The molecule has 0 aliphatic carbocycles. The second-order valence-corrected chi connectivity index (χ2v) is 5.98. The maximum absolute atomic E-state index is 5.16. The number of rotatable bonds is 4. The molecule has 1 N–H and O–H groups in total. The zero-order valence-electron chi connectivity index (χ0n) is 11.2. The normalized spacial score (nSPS) is 25.1. The third kappa shape index (κ3) is 2.95. The van der Waals surface area contributed by atoms with E-state index in [1.54, 1.807) is 7.11 Å². The van der Waals surface area contributed by atoms with Crippen molar-refractivity contribution in [3.63, 3.8) is 0 Å². The van der Waals surface area contributed by atoms with Crippen LogP contribution >= 0.6 is 15.9 Å². The fourth-order valence-corrected chi connectivity index (χ4v) is 3.43. The highest BCUT2D eigenvalue weighted by atomic mass is 79.9. The third-order valence-electron chi connectivity index (χ3n) is 3.69. The second kappa shape index (κ2) is 6.17. The van der Waals surface area contributed by atoms with E-state index in [9.17, 15) is 0 Å². The first-order valence-electron chi connectivity index (χ1n) is 6.63. The lowest BCUT2D eigenvalue weighted by Crippen LogP contribution is -2.41. The Bertz CT molecular complexity index is 384. The van der Waals surface area contributed by atoms with Crippen LogP contribution < -0.4 is 5.32 Å². The van der Waals surface area contributed by atoms with Gasteiger partial charge < -0.3 is 10.1 Å². The largest absolute Gasteiger partial charge is 0.383 e. The molecule has 0 spiro atoms. The van der Waals surface area contributed by atoms with Crippen molar-refractivity contribution in [2.75, 3.05) is 20.3 Å². The molecule has 1 aromatic heterocycles. The summed E-state index contributed by atoms with van der Waals surface area (Å²) in [6.45, 7) is 4.85. The first-order chi connectivity index (χ1) is 8.67. The van der Waals surface area contributed by atoms with E-state index < -0.39 is 0 Å². The molecule has 1 saturated heterocycles. The fraction of sp³-hybridized carbons (Fsp3) is 0.769. The van der Waals surface area contributed by atoms with Crippen molar-refractivity contribution in [1.29, 1.82) is 0 Å². The molecule has 1 unspecified atom stereocenters. The Morgan fingerprint density at radius 2 is 2.33 bits per heavy atom. The first-order valence-corrected chi connectivity index (χ1v) is 7.42. The summed E-state index contributed by atoms with van der Waals surface area (Å²) in [6.07, 6.45) is 6.89. The van der Waals surface area contributed by atoms with Gasteiger partial charge in [-0.2, -0.15) is 5.10 Å². The molecule has 1 aromatic rings. The molecular weight excluding hydrogens is 294 g/mol. The minimum atomic E-state index is 0.0135. The average molecular weight is 316 g/mol. The molecular formula is C13H22BrN3O. The number of ether oxygens (including phenoxy) is 1. The van der Waals surface area contributed by atoms with E-state index >= 15 is 0 Å². The van der Waals surface area contributed by atoms with Crippen LogP contribution in [0.2, 0.25) is 0 Å². The van der Waals surface area contributed by atoms with Crippen molar-refractivity contribution < 1.29 is 4.74 Å². The van der Waals surface area contributed by atoms with Gasteiger partial charge in [0.05, 0.1) is 35.1 Å². The second-order valence-electron chi connectivity index (χ2n) is 5.13. The first kappa shape index (κ1) is 14.0. The monoisotopic (exact) mass is 315 g/mol. The number of methoxy groups -OCH3 is 1. The van der Waals surface area contributed by atoms with Gasteiger partial charge in [0.2, 0.25) is 0 Å². The molecule has 1 aliphatic heterocycles. The van der Waals surface area contributed by atoms with Crippen LogP contribution in [-0.4, -0.2) is 30.0 Å². The van der Waals surface area contributed by atoms with Crippen LogP contribution in [0.3, 0.4) is 0 Å². The van der Waals surface area contributed by atoms with Crippen LogP contribution in [0, 0.1) is 0 Å². The Balaban J connectivity index is 2.26. The van der Waals surface area contributed by atoms with Crippen molar-refractivity contribution in [3.8, 4) is 0 Å². The van der Waals surface area contributed by atoms with Crippen LogP contribution in [-0.2, 0) is 16.8 Å². The Morgan fingerprint density at radius 1 is 1.50 bits per heavy atom. The van der Waals surface area contributed by atoms with Crippen molar-refractivity contribution in [2.45, 2.75) is 44.7 Å². The molecule has 102 valence electrons. The number of hydrogen-bond donors (Lipinski definition) is 1. The van der Waals surface area contributed by atoms with Gasteiger partial charge in [-0.05, 0) is 42.2 Å². The number of hydrogen-bond acceptors (Lipinski definition) is 3. The summed E-state index contributed by atoms with van der Waals surface area (Å²) >= 11 is 3.64. The summed E-state index contributed by atoms with van der Waals surface area (Å²) in [4.78, 5) is 0. The molecule has 0 aromatic carbocycles. The zero-order chi connectivity index (χ0) is 13.0. The summed E-state index contributed by atoms with van der Waals surface area (Å²) < 4.78 is 8.31. The SMILES string of the molecule is COCCn1ncc(Br)c1C1(C)CCCCCN1. The highest BCUT2D eigenvalue weighted by molar-refractivity contribution is 9.10. The van der Waals surface area contributed by atoms with Crippen molar-refractivity contribution >= 4 is 15.9 Å². The number of nitrogens with one attached hydrogen (secondary N) is 1. The molecule has 1 aliphatic rings. The Morgan fingerprint density at radius 3 is 3.11 bits per heavy atom. The molecule has 2 heterocycles. The molecule has 0 bridgehead atoms. The third-order valence-corrected chi connectivity index (χ3v) is 4.27. The topological polar surface area (TPSA) is 39.1 Å². The van der Waals surface area contributed by atoms with Gasteiger partial charge in [0, 0.05) is 7.11 Å². The van der Waals surface area contributed by atoms with Crippen LogP contribution in [0.15, 0.2) is 10.7 Å². The van der Waals surface area contributed by atoms with E-state index in [0.717, 1.165) is 24.0 Å². The molecule has 0 saturated carbocycles. The number of aromatic nitrogens is 2. The highest BCUT2D eigenvalue weighted by Gasteiger charge is 2.32. The van der Waals surface area contributed by atoms with Crippen molar-refractivity contribution in [3.05, 3.63) is 16.4 Å². The smallest absolute Gasteiger partial charge is 0.0725 e. The van der Waals surface area contributed by atoms with Crippen LogP contribution in [0.25, 0.3) is 0 Å². The van der Waals surface area contributed by atoms with Gasteiger partial charge in [-0.3, -0.25) is 4.68 Å². The van der Waals surface area contributed by atoms with Crippen molar-refractivity contribution in [2.24, 2.45) is 0 Å². The van der Waals surface area contributed by atoms with E-state index in [1.807, 2.05) is 6.20 Å². The molecule has 18 heavy (non-hydrogen) atoms. The zero-order valence-corrected chi connectivity index (χ0v) is 12.8. The van der Waals surface area contributed by atoms with E-state index in [2.05, 4.69) is 38.0 Å². The van der Waals surface area contributed by atoms with Gasteiger partial charge in [0.15, 0.2) is 0 Å². The molecule has 0 amide bonds. The summed E-state index contributed by atoms with van der Waals surface area (Å²) in [5.41, 5.74) is 1.26. The van der Waals surface area contributed by atoms with E-state index in [4.69, 9.17) is 4.74 Å². The Kier molecular flexibility index (Phi) is 4.81. The van der Waals surface area contributed by atoms with Gasteiger partial charge >= 0.3 is 0 Å². The summed E-state index contributed by atoms with van der Waals surface area (Å²) in [5, 5.41) is 8.14. The quantitative estimate of drug-likeness (QED) is 0.928. The number of halogens is 1. The minimum Gasteiger partial charge on any atom is -0.383 e. The average Bonchev–Trinajstić information content (AvgIpc) is 2.58. The van der Waals surface area contributed by atoms with E-state index in [0.29, 0.717) is 6.61 Å². The van der Waals surface area contributed by atoms with Crippen LogP contribution in [0.4, 0.5) is 0 Å². The van der Waals surface area contributed by atoms with Gasteiger partial charge in [-0.1, -0.05) is 12.8 Å². The molecule has 0 radical (unpaired) electrons. The maximum atomic E-state index is 5.16. The Labute approximate surface area is 117 Å². The Hall–Kier alpha value is -0.390. The minimum absolute atomic E-state index is 0.0135. The lowest BCUT2D eigenvalue weighted by Gasteiger charge is -2.30. The molecule has 1 atom stereocenters. The standard InChI is InChI=1S/C13H22BrN3O/c1-13(6-4-3-5-7-15-13)12-11(14)10-16-17(12)8-9-18-2/h10,15H,3-9H2,1-2H3. The van der Waals surface area contributed by atoms with Crippen LogP contribution in [0.1, 0.15) is 38.3 Å². The number of nitrogens with zero attached hydrogens (tertiary/aromatic N) is 2. The lowest BCUT2D eigenvalue weighted by molar-refractivity contribution is 0.179. The van der Waals surface area contributed by atoms with E-state index in [1.165, 1.54) is 25.0 Å². The lowest BCUT2D eigenvalue weighted by atomic mass is 9.92. The highest BCUT2D eigenvalue weighted by Crippen LogP contribution is 2.34. The van der Waals surface area contributed by atoms with Gasteiger partial charge in [-0.15, -0.1) is 0 Å². The predicted molar refractivity (Wildman–Crippen MR) is 75.6 cm³/mol. The van der Waals surface area contributed by atoms with Gasteiger partial charge in [0.1, 0.15) is 0 Å². The molecule has 1 fully saturated rings. The maximum Gasteiger partial charge on any atom is 0.0725 e. The fourth-order valence-electron chi connectivity index (χ4n) is 2.69. The molecule has 5 heteroatoms. The van der Waals surface area contributed by atoms with Crippen LogP contribution in [0.5, 0.6) is 0 Å². The van der Waals surface area contributed by atoms with Gasteiger partial charge in [0.25, 0.3) is 0 Å². The predicted octanol–water partition coefficient (Wildman–Crippen LogP) is 2.67. The summed E-state index contributed by atoms with van der Waals surface area (Å²) in [6, 6.07) is 0. The summed E-state index contributed by atoms with van der Waals surface area (Å²) in [7, 11) is 1.73. The summed E-state index contributed by atoms with van der Waals surface area (Å²) in [5.74, 6) is 0. The van der Waals surface area contributed by atoms with E-state index in [-0.39, 0.29) is 5.54 Å². The molecule has 4 nitrogen and oxygen atoms in total.